The summed E-state index contributed by atoms with van der Waals surface area (Å²) in [6.45, 7) is 2.75. The van der Waals surface area contributed by atoms with Crippen molar-refractivity contribution < 1.29 is 33.6 Å². The quantitative estimate of drug-likeness (QED) is 0.190. The molecule has 4 aromatic carbocycles. The number of rotatable bonds is 13. The van der Waals surface area contributed by atoms with Gasteiger partial charge in [0.2, 0.25) is 5.75 Å². The summed E-state index contributed by atoms with van der Waals surface area (Å²) in [5.74, 6) is 0.772. The van der Waals surface area contributed by atoms with E-state index >= 15 is 0 Å². The maximum absolute atomic E-state index is 13.9. The fourth-order valence-electron chi connectivity index (χ4n) is 4.66. The first-order chi connectivity index (χ1) is 20.3. The predicted octanol–water partition coefficient (Wildman–Crippen LogP) is 6.79. The summed E-state index contributed by atoms with van der Waals surface area (Å²) in [6, 6.07) is 25.7. The van der Waals surface area contributed by atoms with Crippen LogP contribution in [0.3, 0.4) is 0 Å². The van der Waals surface area contributed by atoms with Gasteiger partial charge >= 0.3 is 5.97 Å². The summed E-state index contributed by atoms with van der Waals surface area (Å²) in [7, 11) is 4.55. The molecule has 8 heteroatoms. The van der Waals surface area contributed by atoms with E-state index in [0.717, 1.165) is 24.0 Å². The number of carbonyl (C=O) groups excluding carboxylic acids is 1. The van der Waals surface area contributed by atoms with Gasteiger partial charge in [-0.05, 0) is 72.9 Å². The number of carboxylic acid groups (broad SMARTS) is 1. The Kier molecular flexibility index (Phi) is 10.1. The predicted molar refractivity (Wildman–Crippen MR) is 160 cm³/mol. The van der Waals surface area contributed by atoms with Crippen molar-refractivity contribution in [1.82, 2.24) is 4.90 Å². The van der Waals surface area contributed by atoms with Crippen molar-refractivity contribution in [3.63, 3.8) is 0 Å². The summed E-state index contributed by atoms with van der Waals surface area (Å²) < 4.78 is 22.3. The molecule has 0 aliphatic rings. The zero-order chi connectivity index (χ0) is 30.1. The Morgan fingerprint density at radius 3 is 2.02 bits per heavy atom. The minimum Gasteiger partial charge on any atom is -0.493 e. The summed E-state index contributed by atoms with van der Waals surface area (Å²) in [6.07, 6.45) is 1.60. The lowest BCUT2D eigenvalue weighted by atomic mass is 10.1. The molecule has 0 unspecified atom stereocenters. The summed E-state index contributed by atoms with van der Waals surface area (Å²) in [5, 5.41) is 9.52. The van der Waals surface area contributed by atoms with E-state index in [4.69, 9.17) is 18.9 Å². The molecule has 0 aliphatic carbocycles. The maximum Gasteiger partial charge on any atom is 0.339 e. The topological polar surface area (TPSA) is 94.5 Å². The van der Waals surface area contributed by atoms with Gasteiger partial charge in [-0.15, -0.1) is 0 Å². The monoisotopic (exact) mass is 569 g/mol. The van der Waals surface area contributed by atoms with Crippen LogP contribution in [0, 0.1) is 6.92 Å². The number of nitrogens with zero attached hydrogens (tertiary/aromatic N) is 1. The molecular weight excluding hydrogens is 534 g/mol. The molecule has 218 valence electrons. The molecule has 0 saturated carbocycles. The molecule has 1 amide bonds. The molecule has 0 atom stereocenters. The van der Waals surface area contributed by atoms with Gasteiger partial charge in [-0.2, -0.15) is 0 Å². The van der Waals surface area contributed by atoms with Gasteiger partial charge in [-0.1, -0.05) is 48.5 Å². The average molecular weight is 570 g/mol. The zero-order valence-corrected chi connectivity index (χ0v) is 24.3. The average Bonchev–Trinajstić information content (AvgIpc) is 3.00. The van der Waals surface area contributed by atoms with Crippen LogP contribution in [0.2, 0.25) is 0 Å². The van der Waals surface area contributed by atoms with Crippen LogP contribution in [0.5, 0.6) is 28.7 Å². The number of aryl methyl sites for hydroxylation is 2. The molecule has 0 fully saturated rings. The van der Waals surface area contributed by atoms with E-state index in [0.29, 0.717) is 41.7 Å². The Morgan fingerprint density at radius 2 is 1.43 bits per heavy atom. The van der Waals surface area contributed by atoms with Gasteiger partial charge in [-0.3, -0.25) is 4.79 Å². The summed E-state index contributed by atoms with van der Waals surface area (Å²) in [5.41, 5.74) is 3.50. The Hall–Kier alpha value is -4.98. The van der Waals surface area contributed by atoms with Gasteiger partial charge in [0.25, 0.3) is 5.91 Å². The molecule has 0 spiro atoms. The lowest BCUT2D eigenvalue weighted by Gasteiger charge is -2.24. The fraction of sp³-hybridized carbons (Fsp3) is 0.235. The van der Waals surface area contributed by atoms with Crippen LogP contribution in [0.25, 0.3) is 0 Å². The summed E-state index contributed by atoms with van der Waals surface area (Å²) >= 11 is 0. The van der Waals surface area contributed by atoms with E-state index in [1.807, 2.05) is 37.3 Å². The lowest BCUT2D eigenvalue weighted by Crippen LogP contribution is -2.32. The number of amides is 1. The van der Waals surface area contributed by atoms with Gasteiger partial charge in [0, 0.05) is 18.7 Å². The molecule has 0 bridgehead atoms. The number of benzene rings is 4. The van der Waals surface area contributed by atoms with E-state index < -0.39 is 5.97 Å². The van der Waals surface area contributed by atoms with E-state index in [1.165, 1.54) is 33.0 Å². The number of carbonyl (C=O) groups is 2. The van der Waals surface area contributed by atoms with Crippen molar-refractivity contribution >= 4 is 11.9 Å². The highest BCUT2D eigenvalue weighted by Crippen LogP contribution is 2.38. The first-order valence-corrected chi connectivity index (χ1v) is 13.6. The third-order valence-corrected chi connectivity index (χ3v) is 6.83. The Morgan fingerprint density at radius 1 is 0.762 bits per heavy atom. The second-order valence-electron chi connectivity index (χ2n) is 9.78. The van der Waals surface area contributed by atoms with Crippen LogP contribution in [-0.4, -0.2) is 49.8 Å². The number of hydrogen-bond acceptors (Lipinski definition) is 6. The second-order valence-corrected chi connectivity index (χ2v) is 9.78. The van der Waals surface area contributed by atoms with Crippen LogP contribution >= 0.6 is 0 Å². The molecule has 0 heterocycles. The SMILES string of the molecule is COc1cc(C(=O)N(CCCc2ccccc2)Cc2ccc(Oc3cc(C)ccc3C(=O)O)cc2)cc(OC)c1OC. The maximum atomic E-state index is 13.9. The van der Waals surface area contributed by atoms with E-state index in [1.54, 1.807) is 41.3 Å². The molecule has 0 radical (unpaired) electrons. The minimum atomic E-state index is -1.06. The highest BCUT2D eigenvalue weighted by molar-refractivity contribution is 5.95. The van der Waals surface area contributed by atoms with E-state index in [9.17, 15) is 14.7 Å². The minimum absolute atomic E-state index is 0.0882. The molecule has 8 nitrogen and oxygen atoms in total. The Balaban J connectivity index is 1.57. The van der Waals surface area contributed by atoms with Gasteiger partial charge in [0.1, 0.15) is 17.1 Å². The zero-order valence-electron chi connectivity index (χ0n) is 24.3. The van der Waals surface area contributed by atoms with Crippen molar-refractivity contribution in [2.45, 2.75) is 26.3 Å². The number of carboxylic acids is 1. The first-order valence-electron chi connectivity index (χ1n) is 13.6. The number of aromatic carboxylic acids is 1. The van der Waals surface area contributed by atoms with Crippen LogP contribution in [-0.2, 0) is 13.0 Å². The van der Waals surface area contributed by atoms with Crippen LogP contribution in [0.15, 0.2) is 84.9 Å². The van der Waals surface area contributed by atoms with Gasteiger partial charge < -0.3 is 29.0 Å². The number of methoxy groups -OCH3 is 3. The van der Waals surface area contributed by atoms with E-state index in [-0.39, 0.29) is 17.2 Å². The molecule has 4 aromatic rings. The molecule has 0 aliphatic heterocycles. The Labute approximate surface area is 246 Å². The van der Waals surface area contributed by atoms with Crippen LogP contribution in [0.1, 0.15) is 43.8 Å². The smallest absolute Gasteiger partial charge is 0.339 e. The molecule has 0 aromatic heterocycles. The van der Waals surface area contributed by atoms with Gasteiger partial charge in [0.15, 0.2) is 11.5 Å². The van der Waals surface area contributed by atoms with Crippen LogP contribution < -0.4 is 18.9 Å². The number of hydrogen-bond donors (Lipinski definition) is 1. The second kappa shape index (κ2) is 14.1. The fourth-order valence-corrected chi connectivity index (χ4v) is 4.66. The van der Waals surface area contributed by atoms with Crippen molar-refractivity contribution in [2.24, 2.45) is 0 Å². The highest BCUT2D eigenvalue weighted by atomic mass is 16.5. The third-order valence-electron chi connectivity index (χ3n) is 6.83. The van der Waals surface area contributed by atoms with Crippen molar-refractivity contribution in [1.29, 1.82) is 0 Å². The van der Waals surface area contributed by atoms with Crippen molar-refractivity contribution in [3.05, 3.63) is 113 Å². The lowest BCUT2D eigenvalue weighted by molar-refractivity contribution is 0.0692. The molecule has 1 N–H and O–H groups in total. The highest BCUT2D eigenvalue weighted by Gasteiger charge is 2.22. The van der Waals surface area contributed by atoms with E-state index in [2.05, 4.69) is 12.1 Å². The van der Waals surface area contributed by atoms with Crippen molar-refractivity contribution in [3.8, 4) is 28.7 Å². The van der Waals surface area contributed by atoms with Gasteiger partial charge in [-0.25, -0.2) is 4.79 Å². The molecular formula is C34H35NO7. The van der Waals surface area contributed by atoms with Crippen LogP contribution in [0.4, 0.5) is 0 Å². The normalized spacial score (nSPS) is 10.6. The molecule has 42 heavy (non-hydrogen) atoms. The third kappa shape index (κ3) is 7.40. The van der Waals surface area contributed by atoms with Crippen molar-refractivity contribution in [2.75, 3.05) is 27.9 Å². The largest absolute Gasteiger partial charge is 0.493 e. The molecule has 4 rings (SSSR count). The Bertz CT molecular complexity index is 1490. The number of ether oxygens (including phenoxy) is 4. The first kappa shape index (κ1) is 30.0. The summed E-state index contributed by atoms with van der Waals surface area (Å²) in [4.78, 5) is 27.3. The standard InChI is InChI=1S/C34H35NO7/c1-23-12-17-28(34(37)38)29(19-23)42-27-15-13-25(14-16-27)22-35(18-8-11-24-9-6-5-7-10-24)33(36)26-20-30(39-2)32(41-4)31(21-26)40-3/h5-7,9-10,12-17,19-21H,8,11,18,22H2,1-4H3,(H,37,38). The van der Waals surface area contributed by atoms with Gasteiger partial charge in [0.05, 0.1) is 21.3 Å². The molecule has 0 saturated heterocycles.